The van der Waals surface area contributed by atoms with Crippen LogP contribution < -0.4 is 0 Å². The highest BCUT2D eigenvalue weighted by Gasteiger charge is 2.10. The number of nitrogens with zero attached hydrogens (tertiary/aromatic N) is 2. The molecule has 1 aromatic rings. The van der Waals surface area contributed by atoms with E-state index in [-0.39, 0.29) is 5.75 Å². The zero-order chi connectivity index (χ0) is 10.1. The summed E-state index contributed by atoms with van der Waals surface area (Å²) < 4.78 is 21.6. The van der Waals surface area contributed by atoms with Crippen LogP contribution in [0.2, 0.25) is 0 Å². The topological polar surface area (TPSA) is 59.9 Å². The van der Waals surface area contributed by atoms with E-state index in [2.05, 4.69) is 10.2 Å². The third kappa shape index (κ3) is 3.28. The molecule has 0 saturated heterocycles. The monoisotopic (exact) mass is 220 g/mol. The van der Waals surface area contributed by atoms with Crippen LogP contribution in [0.25, 0.3) is 0 Å². The molecular formula is C7H9ClN2O2S. The van der Waals surface area contributed by atoms with Gasteiger partial charge in [-0.1, -0.05) is 0 Å². The Kier molecular flexibility index (Phi) is 2.87. The lowest BCUT2D eigenvalue weighted by Gasteiger charge is -2.01. The lowest BCUT2D eigenvalue weighted by molar-refractivity contribution is 0.608. The first-order valence-corrected chi connectivity index (χ1v) is 6.08. The van der Waals surface area contributed by atoms with Gasteiger partial charge in [0.15, 0.2) is 0 Å². The molecule has 13 heavy (non-hydrogen) atoms. The van der Waals surface area contributed by atoms with Crippen molar-refractivity contribution in [2.75, 3.05) is 0 Å². The maximum Gasteiger partial charge on any atom is 0.236 e. The van der Waals surface area contributed by atoms with Gasteiger partial charge in [0, 0.05) is 10.7 Å². The zero-order valence-electron chi connectivity index (χ0n) is 7.28. The van der Waals surface area contributed by atoms with Gasteiger partial charge in [-0.15, -0.1) is 0 Å². The Hall–Kier alpha value is -0.680. The molecule has 0 unspecified atom stereocenters. The molecule has 0 aliphatic rings. The molecule has 0 aliphatic heterocycles. The number of aromatic nitrogens is 2. The number of rotatable bonds is 2. The largest absolute Gasteiger partial charge is 0.236 e. The van der Waals surface area contributed by atoms with Gasteiger partial charge in [0.25, 0.3) is 0 Å². The predicted octanol–water partition coefficient (Wildman–Crippen LogP) is 1.16. The first-order chi connectivity index (χ1) is 5.88. The fraction of sp³-hybridized carbons (Fsp3) is 0.429. The van der Waals surface area contributed by atoms with E-state index >= 15 is 0 Å². The second-order valence-electron chi connectivity index (χ2n) is 2.78. The molecule has 4 nitrogen and oxygen atoms in total. The van der Waals surface area contributed by atoms with Gasteiger partial charge >= 0.3 is 0 Å². The molecule has 1 aromatic heterocycles. The van der Waals surface area contributed by atoms with Crippen molar-refractivity contribution in [2.45, 2.75) is 19.6 Å². The van der Waals surface area contributed by atoms with E-state index < -0.39 is 9.05 Å². The summed E-state index contributed by atoms with van der Waals surface area (Å²) in [4.78, 5) is 0. The van der Waals surface area contributed by atoms with Crippen molar-refractivity contribution in [1.82, 2.24) is 10.2 Å². The minimum atomic E-state index is -3.51. The van der Waals surface area contributed by atoms with E-state index in [1.807, 2.05) is 0 Å². The van der Waals surface area contributed by atoms with Crippen LogP contribution in [0, 0.1) is 13.8 Å². The number of halogens is 1. The van der Waals surface area contributed by atoms with Gasteiger partial charge in [0.2, 0.25) is 9.05 Å². The normalized spacial score (nSPS) is 11.6. The van der Waals surface area contributed by atoms with Crippen LogP contribution in [0.15, 0.2) is 6.07 Å². The molecule has 0 atom stereocenters. The van der Waals surface area contributed by atoms with Gasteiger partial charge in [-0.3, -0.25) is 0 Å². The van der Waals surface area contributed by atoms with Crippen LogP contribution in [0.1, 0.15) is 17.0 Å². The Morgan fingerprint density at radius 1 is 1.38 bits per heavy atom. The average Bonchev–Trinajstić information content (AvgIpc) is 1.94. The highest BCUT2D eigenvalue weighted by atomic mass is 35.7. The highest BCUT2D eigenvalue weighted by Crippen LogP contribution is 2.12. The van der Waals surface area contributed by atoms with Gasteiger partial charge in [-0.05, 0) is 25.5 Å². The molecular weight excluding hydrogens is 212 g/mol. The maximum atomic E-state index is 10.8. The van der Waals surface area contributed by atoms with E-state index in [9.17, 15) is 8.42 Å². The Bertz CT molecular complexity index is 417. The van der Waals surface area contributed by atoms with Crippen LogP contribution in [-0.4, -0.2) is 18.6 Å². The second kappa shape index (κ2) is 3.59. The lowest BCUT2D eigenvalue weighted by Crippen LogP contribution is -2.02. The van der Waals surface area contributed by atoms with E-state index in [1.54, 1.807) is 19.9 Å². The van der Waals surface area contributed by atoms with Gasteiger partial charge < -0.3 is 0 Å². The molecule has 0 amide bonds. The number of hydrogen-bond acceptors (Lipinski definition) is 4. The summed E-state index contributed by atoms with van der Waals surface area (Å²) in [6, 6.07) is 1.67. The van der Waals surface area contributed by atoms with Crippen LogP contribution in [0.5, 0.6) is 0 Å². The Balaban J connectivity index is 3.08. The molecule has 0 aliphatic carbocycles. The van der Waals surface area contributed by atoms with Gasteiger partial charge in [0.05, 0.1) is 17.1 Å². The number of hydrogen-bond donors (Lipinski definition) is 0. The third-order valence-electron chi connectivity index (χ3n) is 1.53. The summed E-state index contributed by atoms with van der Waals surface area (Å²) >= 11 is 0. The van der Waals surface area contributed by atoms with Crippen molar-refractivity contribution in [2.24, 2.45) is 0 Å². The summed E-state index contributed by atoms with van der Waals surface area (Å²) in [6.07, 6.45) is 0. The maximum absolute atomic E-state index is 10.8. The quantitative estimate of drug-likeness (QED) is 0.702. The highest BCUT2D eigenvalue weighted by molar-refractivity contribution is 8.13. The fourth-order valence-electron chi connectivity index (χ4n) is 0.935. The fourth-order valence-corrected chi connectivity index (χ4v) is 1.95. The van der Waals surface area contributed by atoms with Crippen molar-refractivity contribution in [3.63, 3.8) is 0 Å². The Labute approximate surface area is 81.4 Å². The minimum Gasteiger partial charge on any atom is -0.212 e. The summed E-state index contributed by atoms with van der Waals surface area (Å²) in [5, 5.41) is 7.57. The lowest BCUT2D eigenvalue weighted by atomic mass is 10.2. The molecule has 1 rings (SSSR count). The molecule has 0 saturated carbocycles. The molecule has 72 valence electrons. The Morgan fingerprint density at radius 3 is 2.54 bits per heavy atom. The summed E-state index contributed by atoms with van der Waals surface area (Å²) in [5.74, 6) is -0.198. The molecule has 0 radical (unpaired) electrons. The van der Waals surface area contributed by atoms with Crippen LogP contribution in [-0.2, 0) is 14.8 Å². The van der Waals surface area contributed by atoms with Crippen molar-refractivity contribution < 1.29 is 8.42 Å². The van der Waals surface area contributed by atoms with Gasteiger partial charge in [0.1, 0.15) is 0 Å². The minimum absolute atomic E-state index is 0.198. The van der Waals surface area contributed by atoms with Crippen molar-refractivity contribution >= 4 is 19.7 Å². The van der Waals surface area contributed by atoms with Crippen LogP contribution in [0.4, 0.5) is 0 Å². The molecule has 0 fully saturated rings. The van der Waals surface area contributed by atoms with E-state index in [4.69, 9.17) is 10.7 Å². The summed E-state index contributed by atoms with van der Waals surface area (Å²) in [6.45, 7) is 3.45. The smallest absolute Gasteiger partial charge is 0.212 e. The first-order valence-electron chi connectivity index (χ1n) is 3.60. The Morgan fingerprint density at radius 2 is 2.00 bits per heavy atom. The molecule has 0 aromatic carbocycles. The van der Waals surface area contributed by atoms with Crippen LogP contribution >= 0.6 is 10.7 Å². The van der Waals surface area contributed by atoms with Crippen molar-refractivity contribution in [1.29, 1.82) is 0 Å². The average molecular weight is 221 g/mol. The molecule has 6 heteroatoms. The van der Waals surface area contributed by atoms with Gasteiger partial charge in [-0.25, -0.2) is 8.42 Å². The van der Waals surface area contributed by atoms with E-state index in [0.29, 0.717) is 17.0 Å². The molecule has 1 heterocycles. The summed E-state index contributed by atoms with van der Waals surface area (Å²) in [7, 11) is 1.60. The molecule has 0 N–H and O–H groups in total. The van der Waals surface area contributed by atoms with Crippen molar-refractivity contribution in [3.05, 3.63) is 23.0 Å². The third-order valence-corrected chi connectivity index (χ3v) is 2.52. The van der Waals surface area contributed by atoms with Gasteiger partial charge in [-0.2, -0.15) is 10.2 Å². The van der Waals surface area contributed by atoms with E-state index in [0.717, 1.165) is 0 Å². The van der Waals surface area contributed by atoms with E-state index in [1.165, 1.54) is 0 Å². The SMILES string of the molecule is Cc1cc(CS(=O)(=O)Cl)c(C)nn1. The van der Waals surface area contributed by atoms with Crippen LogP contribution in [0.3, 0.4) is 0 Å². The first kappa shape index (κ1) is 10.4. The molecule has 0 bridgehead atoms. The number of aryl methyl sites for hydroxylation is 2. The zero-order valence-corrected chi connectivity index (χ0v) is 8.85. The standard InChI is InChI=1S/C7H9ClN2O2S/c1-5-3-7(4-13(8,11)12)6(2)10-9-5/h3H,4H2,1-2H3. The summed E-state index contributed by atoms with van der Waals surface area (Å²) in [5.41, 5.74) is 1.87. The second-order valence-corrected chi connectivity index (χ2v) is 5.56. The van der Waals surface area contributed by atoms with Crippen molar-refractivity contribution in [3.8, 4) is 0 Å². The molecule has 0 spiro atoms. The predicted molar refractivity (Wildman–Crippen MR) is 50.0 cm³/mol.